The molecule has 23 heavy (non-hydrogen) atoms. The number of allylic oxidation sites excluding steroid dienone is 1. The van der Waals surface area contributed by atoms with Gasteiger partial charge in [0.1, 0.15) is 5.69 Å². The highest BCUT2D eigenvalue weighted by Crippen LogP contribution is 2.13. The van der Waals surface area contributed by atoms with Gasteiger partial charge in [-0.05, 0) is 17.0 Å². The van der Waals surface area contributed by atoms with Crippen molar-refractivity contribution >= 4 is 29.0 Å². The monoisotopic (exact) mass is 324 g/mol. The van der Waals surface area contributed by atoms with Gasteiger partial charge in [0.15, 0.2) is 5.01 Å². The Morgan fingerprint density at radius 2 is 2.22 bits per heavy atom. The van der Waals surface area contributed by atoms with Gasteiger partial charge in [-0.3, -0.25) is 9.79 Å². The Balaban J connectivity index is 1.99. The van der Waals surface area contributed by atoms with Crippen LogP contribution in [0.15, 0.2) is 40.8 Å². The molecule has 5 nitrogen and oxygen atoms in total. The Bertz CT molecular complexity index is 782. The van der Waals surface area contributed by atoms with Gasteiger partial charge < -0.3 is 11.1 Å². The molecule has 0 aliphatic rings. The third-order valence-electron chi connectivity index (χ3n) is 3.05. The largest absolute Gasteiger partial charge is 0.404 e. The van der Waals surface area contributed by atoms with Gasteiger partial charge in [0.05, 0.1) is 0 Å². The van der Waals surface area contributed by atoms with Gasteiger partial charge in [-0.2, -0.15) is 0 Å². The molecule has 0 saturated carbocycles. The van der Waals surface area contributed by atoms with Gasteiger partial charge in [-0.25, -0.2) is 4.98 Å². The summed E-state index contributed by atoms with van der Waals surface area (Å²) in [5.41, 5.74) is 8.69. The number of carbonyl (C=O) groups excluding carboxylic acids is 1. The Morgan fingerprint density at radius 1 is 1.48 bits per heavy atom. The predicted octanol–water partition coefficient (Wildman–Crippen LogP) is 2.05. The molecule has 3 N–H and O–H groups in total. The summed E-state index contributed by atoms with van der Waals surface area (Å²) in [7, 11) is 1.69. The van der Waals surface area contributed by atoms with Crippen molar-refractivity contribution in [2.75, 3.05) is 7.05 Å². The Labute approximate surface area is 139 Å². The lowest BCUT2D eigenvalue weighted by molar-refractivity contribution is 0.0946. The first-order chi connectivity index (χ1) is 11.2. The molecule has 0 aliphatic carbocycles. The first-order valence-electron chi connectivity index (χ1n) is 6.81. The molecule has 0 saturated heterocycles. The molecule has 0 atom stereocenters. The number of carbonyl (C=O) groups is 1. The summed E-state index contributed by atoms with van der Waals surface area (Å²) in [4.78, 5) is 20.0. The maximum Gasteiger partial charge on any atom is 0.271 e. The van der Waals surface area contributed by atoms with Crippen LogP contribution >= 0.6 is 11.3 Å². The molecule has 0 fully saturated rings. The Morgan fingerprint density at radius 3 is 2.78 bits per heavy atom. The average Bonchev–Trinajstić information content (AvgIpc) is 3.07. The van der Waals surface area contributed by atoms with Crippen LogP contribution in [0.5, 0.6) is 0 Å². The van der Waals surface area contributed by atoms with Crippen LogP contribution in [0.1, 0.15) is 26.6 Å². The molecular formula is C17H16N4OS. The van der Waals surface area contributed by atoms with Crippen molar-refractivity contribution in [1.29, 1.82) is 0 Å². The smallest absolute Gasteiger partial charge is 0.271 e. The number of nitrogens with two attached hydrogens (primary N) is 1. The normalized spacial score (nSPS) is 11.4. The van der Waals surface area contributed by atoms with Crippen LogP contribution in [0.2, 0.25) is 0 Å². The third-order valence-corrected chi connectivity index (χ3v) is 3.82. The maximum absolute atomic E-state index is 12.0. The minimum Gasteiger partial charge on any atom is -0.404 e. The number of aliphatic imine (C=N–C) groups is 1. The summed E-state index contributed by atoms with van der Waals surface area (Å²) in [6, 6.07) is 7.72. The van der Waals surface area contributed by atoms with Crippen LogP contribution in [0.4, 0.5) is 0 Å². The third kappa shape index (κ3) is 4.28. The zero-order valence-corrected chi connectivity index (χ0v) is 13.4. The first-order valence-corrected chi connectivity index (χ1v) is 7.69. The summed E-state index contributed by atoms with van der Waals surface area (Å²) >= 11 is 1.27. The summed E-state index contributed by atoms with van der Waals surface area (Å²) in [5.74, 6) is 2.17. The zero-order valence-electron chi connectivity index (χ0n) is 12.6. The molecule has 0 unspecified atom stereocenters. The van der Waals surface area contributed by atoms with Crippen LogP contribution in [0.3, 0.4) is 0 Å². The van der Waals surface area contributed by atoms with Crippen LogP contribution in [-0.4, -0.2) is 24.2 Å². The lowest BCUT2D eigenvalue weighted by Crippen LogP contribution is -2.23. The van der Waals surface area contributed by atoms with Crippen molar-refractivity contribution in [3.8, 4) is 12.3 Å². The lowest BCUT2D eigenvalue weighted by Gasteiger charge is -2.06. The van der Waals surface area contributed by atoms with Gasteiger partial charge >= 0.3 is 0 Å². The minimum absolute atomic E-state index is 0.243. The second-order valence-corrected chi connectivity index (χ2v) is 5.43. The van der Waals surface area contributed by atoms with Crippen molar-refractivity contribution < 1.29 is 4.79 Å². The highest BCUT2D eigenvalue weighted by Gasteiger charge is 2.09. The van der Waals surface area contributed by atoms with E-state index >= 15 is 0 Å². The fourth-order valence-electron chi connectivity index (χ4n) is 1.89. The van der Waals surface area contributed by atoms with E-state index < -0.39 is 0 Å². The molecule has 2 aromatic rings. The van der Waals surface area contributed by atoms with E-state index in [4.69, 9.17) is 12.2 Å². The summed E-state index contributed by atoms with van der Waals surface area (Å²) in [5, 5.41) is 4.96. The first kappa shape index (κ1) is 16.5. The van der Waals surface area contributed by atoms with E-state index in [0.29, 0.717) is 17.2 Å². The lowest BCUT2D eigenvalue weighted by atomic mass is 10.1. The van der Waals surface area contributed by atoms with Crippen molar-refractivity contribution in [2.24, 2.45) is 10.7 Å². The molecule has 0 bridgehead atoms. The second kappa shape index (κ2) is 7.92. The summed E-state index contributed by atoms with van der Waals surface area (Å²) < 4.78 is 0. The number of thiazole rings is 1. The number of aromatic nitrogens is 1. The number of terminal acetylenes is 1. The number of benzene rings is 1. The van der Waals surface area contributed by atoms with Crippen LogP contribution in [-0.2, 0) is 6.54 Å². The fourth-order valence-corrected chi connectivity index (χ4v) is 2.49. The number of rotatable bonds is 5. The van der Waals surface area contributed by atoms with E-state index in [2.05, 4.69) is 21.2 Å². The predicted molar refractivity (Wildman–Crippen MR) is 94.2 cm³/mol. The molecule has 0 radical (unpaired) electrons. The van der Waals surface area contributed by atoms with Crippen molar-refractivity contribution in [3.63, 3.8) is 0 Å². The summed E-state index contributed by atoms with van der Waals surface area (Å²) in [6.07, 6.45) is 8.45. The zero-order chi connectivity index (χ0) is 16.7. The standard InChI is InChI=1S/C17H16N4OS/c1-3-16-21-15(11-23-16)17(22)20-9-12-4-6-13(7-5-12)14(8-18)10-19-2/h1,4-8,10-11H,9,18H2,2H3,(H,20,22). The number of hydrogen-bond donors (Lipinski definition) is 2. The van der Waals surface area contributed by atoms with Crippen molar-refractivity contribution in [2.45, 2.75) is 6.54 Å². The van der Waals surface area contributed by atoms with Gasteiger partial charge in [0.25, 0.3) is 5.91 Å². The van der Waals surface area contributed by atoms with Gasteiger partial charge in [0.2, 0.25) is 0 Å². The van der Waals surface area contributed by atoms with E-state index in [0.717, 1.165) is 16.7 Å². The van der Waals surface area contributed by atoms with E-state index in [1.165, 1.54) is 17.5 Å². The number of nitrogens with one attached hydrogen (secondary N) is 1. The van der Waals surface area contributed by atoms with Gasteiger partial charge in [-0.15, -0.1) is 17.8 Å². The van der Waals surface area contributed by atoms with E-state index in [1.807, 2.05) is 24.3 Å². The fraction of sp³-hybridized carbons (Fsp3) is 0.118. The number of hydrogen-bond acceptors (Lipinski definition) is 5. The van der Waals surface area contributed by atoms with Crippen molar-refractivity contribution in [3.05, 3.63) is 57.7 Å². The van der Waals surface area contributed by atoms with Gasteiger partial charge in [0, 0.05) is 37.0 Å². The number of amides is 1. The highest BCUT2D eigenvalue weighted by molar-refractivity contribution is 7.10. The van der Waals surface area contributed by atoms with E-state index in [-0.39, 0.29) is 5.91 Å². The van der Waals surface area contributed by atoms with Crippen LogP contribution in [0, 0.1) is 12.3 Å². The average molecular weight is 324 g/mol. The molecule has 1 amide bonds. The van der Waals surface area contributed by atoms with Crippen LogP contribution < -0.4 is 11.1 Å². The Kier molecular flexibility index (Phi) is 5.67. The minimum atomic E-state index is -0.243. The van der Waals surface area contributed by atoms with Crippen LogP contribution in [0.25, 0.3) is 5.57 Å². The molecule has 1 aromatic heterocycles. The second-order valence-electron chi connectivity index (χ2n) is 4.57. The number of nitrogens with zero attached hydrogens (tertiary/aromatic N) is 2. The maximum atomic E-state index is 12.0. The molecule has 116 valence electrons. The summed E-state index contributed by atoms with van der Waals surface area (Å²) in [6.45, 7) is 0.408. The molecule has 6 heteroatoms. The highest BCUT2D eigenvalue weighted by atomic mass is 32.1. The molecule has 0 spiro atoms. The SMILES string of the molecule is C#Cc1nc(C(=O)NCc2ccc(C(C=NC)=CN)cc2)cs1. The molecule has 2 rings (SSSR count). The quantitative estimate of drug-likeness (QED) is 0.652. The Hall–Kier alpha value is -2.91. The molecule has 0 aliphatic heterocycles. The van der Waals surface area contributed by atoms with E-state index in [9.17, 15) is 4.79 Å². The van der Waals surface area contributed by atoms with Gasteiger partial charge in [-0.1, -0.05) is 24.3 Å². The topological polar surface area (TPSA) is 80.4 Å². The molecule has 1 aromatic carbocycles. The van der Waals surface area contributed by atoms with E-state index in [1.54, 1.807) is 18.6 Å². The molecule has 1 heterocycles. The molecular weight excluding hydrogens is 308 g/mol. The van der Waals surface area contributed by atoms with Crippen molar-refractivity contribution in [1.82, 2.24) is 10.3 Å².